The van der Waals surface area contributed by atoms with Crippen LogP contribution in [0.15, 0.2) is 66.7 Å². The maximum atomic E-state index is 13.5. The fraction of sp³-hybridized carbons (Fsp3) is 0.371. The minimum absolute atomic E-state index is 0.0585. The maximum absolute atomic E-state index is 13.5. The highest BCUT2D eigenvalue weighted by atomic mass is 19.4. The van der Waals surface area contributed by atoms with Crippen molar-refractivity contribution in [1.29, 1.82) is 0 Å². The molecule has 3 N–H and O–H groups in total. The predicted molar refractivity (Wildman–Crippen MR) is 163 cm³/mol. The third kappa shape index (κ3) is 6.44. The highest BCUT2D eigenvalue weighted by Gasteiger charge is 2.33. The second kappa shape index (κ2) is 12.2. The summed E-state index contributed by atoms with van der Waals surface area (Å²) in [6, 6.07) is 16.4. The molecule has 6 nitrogen and oxygen atoms in total. The number of hydrogen-bond acceptors (Lipinski definition) is 4. The average molecular weight is 604 g/mol. The van der Waals surface area contributed by atoms with Crippen molar-refractivity contribution < 1.29 is 27.5 Å². The number of carbonyl (C=O) groups is 2. The average Bonchev–Trinajstić information content (AvgIpc) is 3.85. The Morgan fingerprint density at radius 3 is 2.41 bits per heavy atom. The second-order valence-electron chi connectivity index (χ2n) is 12.0. The summed E-state index contributed by atoms with van der Waals surface area (Å²) in [6.07, 6.45) is 0.670. The SMILES string of the molecule is C[C@@H](NC(=O)c1cc(C2=CCCN(C(=O)C3COC3)C2)cc(C2CC2)c1)c1ccc(-c2cc(C(F)(F)F)ccc2CN)cc1. The molecule has 3 aromatic carbocycles. The van der Waals surface area contributed by atoms with Gasteiger partial charge in [-0.25, -0.2) is 0 Å². The lowest BCUT2D eigenvalue weighted by molar-refractivity contribution is -0.149. The van der Waals surface area contributed by atoms with Crippen LogP contribution < -0.4 is 11.1 Å². The number of alkyl halides is 3. The first kappa shape index (κ1) is 30.1. The van der Waals surface area contributed by atoms with Gasteiger partial charge in [-0.05, 0) is 95.3 Å². The summed E-state index contributed by atoms with van der Waals surface area (Å²) in [7, 11) is 0. The largest absolute Gasteiger partial charge is 0.416 e. The molecule has 2 fully saturated rings. The zero-order chi connectivity index (χ0) is 31.0. The highest BCUT2D eigenvalue weighted by Crippen LogP contribution is 2.42. The molecule has 1 aliphatic carbocycles. The third-order valence-corrected chi connectivity index (χ3v) is 8.81. The molecule has 1 saturated heterocycles. The molecule has 6 rings (SSSR count). The number of nitrogens with one attached hydrogen (secondary N) is 1. The molecule has 44 heavy (non-hydrogen) atoms. The number of ether oxygens (including phenoxy) is 1. The van der Waals surface area contributed by atoms with E-state index in [1.54, 1.807) is 12.1 Å². The predicted octanol–water partition coefficient (Wildman–Crippen LogP) is 6.46. The Labute approximate surface area is 255 Å². The van der Waals surface area contributed by atoms with Gasteiger partial charge in [-0.1, -0.05) is 42.5 Å². The number of nitrogens with zero attached hydrogens (tertiary/aromatic N) is 1. The van der Waals surface area contributed by atoms with Gasteiger partial charge in [0.15, 0.2) is 0 Å². The molecule has 1 atom stereocenters. The molecule has 9 heteroatoms. The monoisotopic (exact) mass is 603 g/mol. The van der Waals surface area contributed by atoms with Gasteiger partial charge in [-0.2, -0.15) is 13.2 Å². The van der Waals surface area contributed by atoms with Gasteiger partial charge in [0.05, 0.1) is 30.7 Å². The van der Waals surface area contributed by atoms with E-state index in [2.05, 4.69) is 17.5 Å². The van der Waals surface area contributed by atoms with Crippen LogP contribution in [0.25, 0.3) is 16.7 Å². The van der Waals surface area contributed by atoms with Crippen molar-refractivity contribution in [1.82, 2.24) is 10.2 Å². The van der Waals surface area contributed by atoms with Gasteiger partial charge < -0.3 is 20.7 Å². The van der Waals surface area contributed by atoms with E-state index >= 15 is 0 Å². The van der Waals surface area contributed by atoms with Gasteiger partial charge in [0.2, 0.25) is 5.91 Å². The van der Waals surface area contributed by atoms with E-state index in [0.29, 0.717) is 54.5 Å². The Morgan fingerprint density at radius 1 is 1.02 bits per heavy atom. The summed E-state index contributed by atoms with van der Waals surface area (Å²) in [5.74, 6) is 0.307. The first-order valence-electron chi connectivity index (χ1n) is 15.1. The molecule has 2 aliphatic heterocycles. The van der Waals surface area contributed by atoms with Crippen LogP contribution in [0.3, 0.4) is 0 Å². The van der Waals surface area contributed by atoms with Gasteiger partial charge in [0.25, 0.3) is 5.91 Å². The van der Waals surface area contributed by atoms with Gasteiger partial charge in [-0.3, -0.25) is 9.59 Å². The van der Waals surface area contributed by atoms with Crippen LogP contribution in [-0.2, 0) is 22.3 Å². The van der Waals surface area contributed by atoms with Crippen LogP contribution >= 0.6 is 0 Å². The van der Waals surface area contributed by atoms with Gasteiger partial charge in [0.1, 0.15) is 0 Å². The van der Waals surface area contributed by atoms with Gasteiger partial charge >= 0.3 is 6.18 Å². The molecule has 0 aromatic heterocycles. The first-order chi connectivity index (χ1) is 21.1. The standard InChI is InChI=1S/C35H36F3N3O3/c1-21(22-4-8-24(9-5-22)32-16-31(35(36,37)38)11-10-25(32)17-39)40-33(42)29-14-27(23-6-7-23)13-28(15-29)26-3-2-12-41(18-26)34(43)30-19-44-20-30/h3-5,8-11,13-16,21,23,30H,2,6-7,12,17-20,39H2,1H3,(H,40,42)/t21-/m1/s1. The lowest BCUT2D eigenvalue weighted by atomic mass is 9.94. The van der Waals surface area contributed by atoms with Crippen LogP contribution in [0.2, 0.25) is 0 Å². The number of carbonyl (C=O) groups excluding carboxylic acids is 2. The molecule has 0 bridgehead atoms. The van der Waals surface area contributed by atoms with Crippen molar-refractivity contribution in [3.8, 4) is 11.1 Å². The van der Waals surface area contributed by atoms with Crippen LogP contribution in [0.5, 0.6) is 0 Å². The molecular formula is C35H36F3N3O3. The first-order valence-corrected chi connectivity index (χ1v) is 15.1. The molecule has 1 saturated carbocycles. The molecular weight excluding hydrogens is 567 g/mol. The molecule has 2 amide bonds. The maximum Gasteiger partial charge on any atom is 0.416 e. The summed E-state index contributed by atoms with van der Waals surface area (Å²) in [4.78, 5) is 28.3. The minimum atomic E-state index is -4.45. The second-order valence-corrected chi connectivity index (χ2v) is 12.0. The molecule has 230 valence electrons. The number of hydrogen-bond donors (Lipinski definition) is 2. The van der Waals surface area contributed by atoms with E-state index < -0.39 is 11.7 Å². The molecule has 0 unspecified atom stereocenters. The van der Waals surface area contributed by atoms with Gasteiger partial charge in [-0.15, -0.1) is 0 Å². The smallest absolute Gasteiger partial charge is 0.380 e. The summed E-state index contributed by atoms with van der Waals surface area (Å²) in [6.45, 7) is 4.17. The Bertz CT molecular complexity index is 1590. The molecule has 3 aliphatic rings. The van der Waals surface area contributed by atoms with Crippen molar-refractivity contribution in [3.63, 3.8) is 0 Å². The number of amides is 2. The van der Waals surface area contributed by atoms with E-state index in [4.69, 9.17) is 10.5 Å². The van der Waals surface area contributed by atoms with Crippen LogP contribution in [0, 0.1) is 5.92 Å². The molecule has 3 aromatic rings. The highest BCUT2D eigenvalue weighted by molar-refractivity contribution is 5.96. The van der Waals surface area contributed by atoms with E-state index in [9.17, 15) is 22.8 Å². The van der Waals surface area contributed by atoms with Gasteiger partial charge in [0, 0.05) is 25.2 Å². The zero-order valence-corrected chi connectivity index (χ0v) is 24.6. The Morgan fingerprint density at radius 2 is 1.77 bits per heavy atom. The van der Waals surface area contributed by atoms with Crippen LogP contribution in [0.1, 0.15) is 76.3 Å². The third-order valence-electron chi connectivity index (χ3n) is 8.81. The molecule has 2 heterocycles. The van der Waals surface area contributed by atoms with E-state index in [1.807, 2.05) is 36.1 Å². The Balaban J connectivity index is 1.19. The van der Waals surface area contributed by atoms with E-state index in [-0.39, 0.29) is 30.3 Å². The van der Waals surface area contributed by atoms with Crippen LogP contribution in [-0.4, -0.2) is 43.0 Å². The van der Waals surface area contributed by atoms with Crippen molar-refractivity contribution in [3.05, 3.63) is 100 Å². The number of benzene rings is 3. The Kier molecular flexibility index (Phi) is 8.35. The number of rotatable bonds is 8. The Hall–Kier alpha value is -3.95. The molecule has 0 radical (unpaired) electrons. The van der Waals surface area contributed by atoms with Crippen molar-refractivity contribution in [2.75, 3.05) is 26.3 Å². The fourth-order valence-corrected chi connectivity index (χ4v) is 5.91. The quantitative estimate of drug-likeness (QED) is 0.310. The van der Waals surface area contributed by atoms with Crippen molar-refractivity contribution in [2.24, 2.45) is 11.7 Å². The lowest BCUT2D eigenvalue weighted by Crippen LogP contribution is -2.46. The summed E-state index contributed by atoms with van der Waals surface area (Å²) >= 11 is 0. The topological polar surface area (TPSA) is 84.7 Å². The van der Waals surface area contributed by atoms with E-state index in [1.165, 1.54) is 6.07 Å². The normalized spacial score (nSPS) is 17.9. The van der Waals surface area contributed by atoms with Crippen molar-refractivity contribution >= 4 is 17.4 Å². The number of nitrogens with two attached hydrogens (primary N) is 1. The van der Waals surface area contributed by atoms with Crippen LogP contribution in [0.4, 0.5) is 13.2 Å². The number of halogens is 3. The summed E-state index contributed by atoms with van der Waals surface area (Å²) < 4.78 is 45.3. The summed E-state index contributed by atoms with van der Waals surface area (Å²) in [5.41, 5.74) is 11.3. The van der Waals surface area contributed by atoms with Crippen molar-refractivity contribution in [2.45, 2.75) is 50.9 Å². The molecule has 0 spiro atoms. The zero-order valence-electron chi connectivity index (χ0n) is 24.6. The fourth-order valence-electron chi connectivity index (χ4n) is 5.91. The lowest BCUT2D eigenvalue weighted by Gasteiger charge is -2.34. The minimum Gasteiger partial charge on any atom is -0.380 e. The van der Waals surface area contributed by atoms with E-state index in [0.717, 1.165) is 53.7 Å². The summed E-state index contributed by atoms with van der Waals surface area (Å²) in [5, 5.41) is 3.09.